The third-order valence-electron chi connectivity index (χ3n) is 3.98. The summed E-state index contributed by atoms with van der Waals surface area (Å²) in [5.41, 5.74) is 2.20. The molecule has 0 atom stereocenters. The van der Waals surface area contributed by atoms with Crippen molar-refractivity contribution in [2.75, 3.05) is 12.4 Å². The number of nitriles is 1. The Kier molecular flexibility index (Phi) is 6.89. The van der Waals surface area contributed by atoms with E-state index in [4.69, 9.17) is 10.00 Å². The Balaban J connectivity index is 1.89. The maximum atomic E-state index is 8.73. The van der Waals surface area contributed by atoms with E-state index in [0.717, 1.165) is 34.6 Å². The van der Waals surface area contributed by atoms with Crippen molar-refractivity contribution in [2.45, 2.75) is 31.3 Å². The summed E-state index contributed by atoms with van der Waals surface area (Å²) in [5, 5.41) is 18.4. The lowest BCUT2D eigenvalue weighted by Gasteiger charge is -2.11. The summed E-state index contributed by atoms with van der Waals surface area (Å²) in [5.74, 6) is 2.59. The fourth-order valence-electron chi connectivity index (χ4n) is 2.72. The van der Waals surface area contributed by atoms with E-state index in [1.54, 1.807) is 11.8 Å². The number of ether oxygens (including phenoxy) is 1. The number of hydrogen-bond acceptors (Lipinski definition) is 5. The van der Waals surface area contributed by atoms with Crippen molar-refractivity contribution in [3.63, 3.8) is 0 Å². The SMILES string of the molecule is CCOc1ccc(-n2c(Cc3ccccc3)nnc2SCCCC#N)cc1. The van der Waals surface area contributed by atoms with Gasteiger partial charge >= 0.3 is 0 Å². The van der Waals surface area contributed by atoms with Gasteiger partial charge in [0.2, 0.25) is 0 Å². The lowest BCUT2D eigenvalue weighted by molar-refractivity contribution is 0.340. The average molecular weight is 379 g/mol. The molecule has 0 amide bonds. The van der Waals surface area contributed by atoms with Gasteiger partial charge < -0.3 is 4.74 Å². The lowest BCUT2D eigenvalue weighted by Crippen LogP contribution is -2.04. The zero-order valence-electron chi connectivity index (χ0n) is 15.3. The second-order valence-electron chi connectivity index (χ2n) is 5.93. The molecule has 27 heavy (non-hydrogen) atoms. The number of thioether (sulfide) groups is 1. The average Bonchev–Trinajstić information content (AvgIpc) is 3.09. The third kappa shape index (κ3) is 5.11. The molecule has 0 N–H and O–H groups in total. The van der Waals surface area contributed by atoms with Gasteiger partial charge in [-0.1, -0.05) is 42.1 Å². The normalized spacial score (nSPS) is 10.5. The first-order valence-electron chi connectivity index (χ1n) is 9.03. The molecular formula is C21H22N4OS. The molecule has 3 aromatic rings. The monoisotopic (exact) mass is 378 g/mol. The largest absolute Gasteiger partial charge is 0.494 e. The summed E-state index contributed by atoms with van der Waals surface area (Å²) in [6, 6.07) is 20.4. The Morgan fingerprint density at radius 2 is 1.85 bits per heavy atom. The van der Waals surface area contributed by atoms with Crippen LogP contribution in [0.1, 0.15) is 31.2 Å². The fourth-order valence-corrected chi connectivity index (χ4v) is 3.63. The summed E-state index contributed by atoms with van der Waals surface area (Å²) < 4.78 is 7.65. The quantitative estimate of drug-likeness (QED) is 0.400. The number of unbranched alkanes of at least 4 members (excludes halogenated alkanes) is 1. The molecule has 5 nitrogen and oxygen atoms in total. The minimum atomic E-state index is 0.557. The molecule has 3 rings (SSSR count). The van der Waals surface area contributed by atoms with E-state index < -0.39 is 0 Å². The summed E-state index contributed by atoms with van der Waals surface area (Å²) in [7, 11) is 0. The van der Waals surface area contributed by atoms with Crippen LogP contribution >= 0.6 is 11.8 Å². The van der Waals surface area contributed by atoms with Crippen molar-refractivity contribution in [1.29, 1.82) is 5.26 Å². The van der Waals surface area contributed by atoms with E-state index in [1.165, 1.54) is 5.56 Å². The van der Waals surface area contributed by atoms with Crippen molar-refractivity contribution in [2.24, 2.45) is 0 Å². The van der Waals surface area contributed by atoms with E-state index in [9.17, 15) is 0 Å². The lowest BCUT2D eigenvalue weighted by atomic mass is 10.1. The number of benzene rings is 2. The summed E-state index contributed by atoms with van der Waals surface area (Å²) in [6.45, 7) is 2.62. The smallest absolute Gasteiger partial charge is 0.195 e. The van der Waals surface area contributed by atoms with Gasteiger partial charge in [-0.2, -0.15) is 5.26 Å². The topological polar surface area (TPSA) is 63.7 Å². The molecule has 0 saturated heterocycles. The summed E-state index contributed by atoms with van der Waals surface area (Å²) in [6.07, 6.45) is 2.10. The van der Waals surface area contributed by atoms with Crippen LogP contribution in [0, 0.1) is 11.3 Å². The molecule has 6 heteroatoms. The molecular weight excluding hydrogens is 356 g/mol. The molecule has 0 aliphatic heterocycles. The van der Waals surface area contributed by atoms with Crippen LogP contribution < -0.4 is 4.74 Å². The predicted molar refractivity (Wildman–Crippen MR) is 107 cm³/mol. The van der Waals surface area contributed by atoms with Gasteiger partial charge in [-0.3, -0.25) is 4.57 Å². The highest BCUT2D eigenvalue weighted by Gasteiger charge is 2.15. The van der Waals surface area contributed by atoms with Gasteiger partial charge in [0.15, 0.2) is 5.16 Å². The molecule has 0 bridgehead atoms. The van der Waals surface area contributed by atoms with E-state index in [-0.39, 0.29) is 0 Å². The van der Waals surface area contributed by atoms with E-state index >= 15 is 0 Å². The van der Waals surface area contributed by atoms with Crippen molar-refractivity contribution in [1.82, 2.24) is 14.8 Å². The summed E-state index contributed by atoms with van der Waals surface area (Å²) >= 11 is 1.63. The first-order valence-corrected chi connectivity index (χ1v) is 10.0. The highest BCUT2D eigenvalue weighted by molar-refractivity contribution is 7.99. The van der Waals surface area contributed by atoms with E-state index in [0.29, 0.717) is 19.4 Å². The molecule has 0 spiro atoms. The van der Waals surface area contributed by atoms with Crippen LogP contribution in [0.15, 0.2) is 59.8 Å². The Labute approximate surface area is 164 Å². The molecule has 1 aromatic heterocycles. The van der Waals surface area contributed by atoms with Crippen LogP contribution in [0.5, 0.6) is 5.75 Å². The first-order chi connectivity index (χ1) is 13.3. The van der Waals surface area contributed by atoms with Gasteiger partial charge in [-0.05, 0) is 43.2 Å². The second kappa shape index (κ2) is 9.79. The van der Waals surface area contributed by atoms with Gasteiger partial charge in [-0.15, -0.1) is 10.2 Å². The van der Waals surface area contributed by atoms with Crippen molar-refractivity contribution >= 4 is 11.8 Å². The predicted octanol–water partition coefficient (Wildman–Crippen LogP) is 4.65. The maximum absolute atomic E-state index is 8.73. The number of hydrogen-bond donors (Lipinski definition) is 0. The minimum Gasteiger partial charge on any atom is -0.494 e. The van der Waals surface area contributed by atoms with Gasteiger partial charge in [0.25, 0.3) is 0 Å². The Morgan fingerprint density at radius 3 is 2.56 bits per heavy atom. The molecule has 138 valence electrons. The molecule has 0 aliphatic rings. The summed E-state index contributed by atoms with van der Waals surface area (Å²) in [4.78, 5) is 0. The molecule has 0 fully saturated rings. The van der Waals surface area contributed by atoms with E-state index in [1.807, 2.05) is 49.4 Å². The number of nitrogens with zero attached hydrogens (tertiary/aromatic N) is 4. The van der Waals surface area contributed by atoms with Crippen LogP contribution in [-0.4, -0.2) is 27.1 Å². The fraction of sp³-hybridized carbons (Fsp3) is 0.286. The van der Waals surface area contributed by atoms with Gasteiger partial charge in [0.05, 0.1) is 12.7 Å². The third-order valence-corrected chi connectivity index (χ3v) is 4.99. The Hall–Kier alpha value is -2.78. The van der Waals surface area contributed by atoms with Crippen molar-refractivity contribution in [3.05, 3.63) is 66.0 Å². The maximum Gasteiger partial charge on any atom is 0.195 e. The van der Waals surface area contributed by atoms with Crippen LogP contribution in [0.25, 0.3) is 5.69 Å². The minimum absolute atomic E-state index is 0.557. The zero-order chi connectivity index (χ0) is 18.9. The van der Waals surface area contributed by atoms with Crippen LogP contribution in [0.4, 0.5) is 0 Å². The second-order valence-corrected chi connectivity index (χ2v) is 7.00. The number of aromatic nitrogens is 3. The van der Waals surface area contributed by atoms with Crippen molar-refractivity contribution < 1.29 is 4.74 Å². The van der Waals surface area contributed by atoms with Crippen LogP contribution in [0.3, 0.4) is 0 Å². The first kappa shape index (κ1) is 19.0. The Morgan fingerprint density at radius 1 is 1.07 bits per heavy atom. The van der Waals surface area contributed by atoms with Gasteiger partial charge in [0.1, 0.15) is 11.6 Å². The molecule has 2 aromatic carbocycles. The molecule has 1 heterocycles. The Bertz CT molecular complexity index is 885. The van der Waals surface area contributed by atoms with Gasteiger partial charge in [-0.25, -0.2) is 0 Å². The van der Waals surface area contributed by atoms with Crippen LogP contribution in [0.2, 0.25) is 0 Å². The highest BCUT2D eigenvalue weighted by Crippen LogP contribution is 2.25. The van der Waals surface area contributed by atoms with Crippen molar-refractivity contribution in [3.8, 4) is 17.5 Å². The van der Waals surface area contributed by atoms with Gasteiger partial charge in [0, 0.05) is 24.3 Å². The number of rotatable bonds is 9. The molecule has 0 aliphatic carbocycles. The van der Waals surface area contributed by atoms with E-state index in [2.05, 4.69) is 33.0 Å². The zero-order valence-corrected chi connectivity index (χ0v) is 16.2. The molecule has 0 saturated carbocycles. The molecule has 0 radical (unpaired) electrons. The highest BCUT2D eigenvalue weighted by atomic mass is 32.2. The van der Waals surface area contributed by atoms with Crippen LogP contribution in [-0.2, 0) is 6.42 Å². The molecule has 0 unspecified atom stereocenters. The standard InChI is InChI=1S/C21H22N4OS/c1-2-26-19-12-10-18(11-13-19)25-20(16-17-8-4-3-5-9-17)23-24-21(25)27-15-7-6-14-22/h3-5,8-13H,2,6-7,15-16H2,1H3.